The topological polar surface area (TPSA) is 37.3 Å². The van der Waals surface area contributed by atoms with Gasteiger partial charge in [0.2, 0.25) is 0 Å². The van der Waals surface area contributed by atoms with Crippen molar-refractivity contribution in [2.24, 2.45) is 0 Å². The molecule has 0 fully saturated rings. The summed E-state index contributed by atoms with van der Waals surface area (Å²) in [5.74, 6) is 5.64. The average molecular weight is 268 g/mol. The van der Waals surface area contributed by atoms with Gasteiger partial charge in [-0.05, 0) is 19.1 Å². The normalized spacial score (nSPS) is 23.8. The highest BCUT2D eigenvalue weighted by Gasteiger charge is 2.40. The number of fused-ring (bicyclic) bond motifs is 2. The highest BCUT2D eigenvalue weighted by Crippen LogP contribution is 2.42. The molecule has 2 aromatic carbocycles. The summed E-state index contributed by atoms with van der Waals surface area (Å²) in [6.45, 7) is 1.69. The number of aliphatic hydroxyl groups is 1. The molecule has 2 aromatic rings. The van der Waals surface area contributed by atoms with E-state index in [1.807, 2.05) is 24.3 Å². The van der Waals surface area contributed by atoms with E-state index in [0.717, 1.165) is 0 Å². The predicted molar refractivity (Wildman–Crippen MR) is 74.0 cm³/mol. The van der Waals surface area contributed by atoms with Gasteiger partial charge in [0, 0.05) is 11.1 Å². The van der Waals surface area contributed by atoms with Crippen molar-refractivity contribution >= 4 is 10.8 Å². The van der Waals surface area contributed by atoms with Crippen molar-refractivity contribution in [2.75, 3.05) is 0 Å². The van der Waals surface area contributed by atoms with Crippen molar-refractivity contribution in [2.45, 2.75) is 22.3 Å². The highest BCUT2D eigenvalue weighted by atomic mass is 32.2. The molecule has 3 rings (SSSR count). The third kappa shape index (κ3) is 1.65. The van der Waals surface area contributed by atoms with Gasteiger partial charge < -0.3 is 5.11 Å². The Labute approximate surface area is 114 Å². The molecule has 0 spiro atoms. The molecule has 0 unspecified atom stereocenters. The Bertz CT molecular complexity index is 688. The molecule has 1 aliphatic rings. The van der Waals surface area contributed by atoms with Gasteiger partial charge >= 0.3 is 0 Å². The molecular weight excluding hydrogens is 256 g/mol. The smallest absolute Gasteiger partial charge is 0.179 e. The van der Waals surface area contributed by atoms with Crippen LogP contribution in [0.5, 0.6) is 0 Å². The van der Waals surface area contributed by atoms with Gasteiger partial charge in [0.1, 0.15) is 0 Å². The maximum Gasteiger partial charge on any atom is 0.179 e. The van der Waals surface area contributed by atoms with Crippen LogP contribution >= 0.6 is 0 Å². The third-order valence-corrected chi connectivity index (χ3v) is 4.77. The standard InChI is InChI=1S/C16H12O2S/c1-2-11-16(17)12-7-3-5-9-14(12)19(18)15-10-6-4-8-13(15)16/h3-10,17H,1H3. The number of hydrogen-bond donors (Lipinski definition) is 1. The van der Waals surface area contributed by atoms with Gasteiger partial charge in [-0.1, -0.05) is 42.3 Å². The summed E-state index contributed by atoms with van der Waals surface area (Å²) in [7, 11) is -1.27. The van der Waals surface area contributed by atoms with Gasteiger partial charge in [0.15, 0.2) is 5.60 Å². The van der Waals surface area contributed by atoms with E-state index in [-0.39, 0.29) is 0 Å². The second-order valence-electron chi connectivity index (χ2n) is 4.35. The summed E-state index contributed by atoms with van der Waals surface area (Å²) in [5, 5.41) is 11.0. The maximum atomic E-state index is 12.6. The first-order valence-electron chi connectivity index (χ1n) is 5.95. The first-order valence-corrected chi connectivity index (χ1v) is 7.10. The molecule has 0 radical (unpaired) electrons. The van der Waals surface area contributed by atoms with E-state index < -0.39 is 16.4 Å². The summed E-state index contributed by atoms with van der Waals surface area (Å²) >= 11 is 0. The minimum atomic E-state index is -1.38. The van der Waals surface area contributed by atoms with Gasteiger partial charge in [-0.2, -0.15) is 0 Å². The molecule has 0 saturated carbocycles. The number of benzene rings is 2. The minimum Gasteiger partial charge on any atom is -0.369 e. The van der Waals surface area contributed by atoms with Crippen LogP contribution in [0.4, 0.5) is 0 Å². The van der Waals surface area contributed by atoms with Gasteiger partial charge in [-0.15, -0.1) is 5.92 Å². The van der Waals surface area contributed by atoms with Crippen molar-refractivity contribution in [3.05, 3.63) is 59.7 Å². The molecule has 2 nitrogen and oxygen atoms in total. The van der Waals surface area contributed by atoms with Crippen molar-refractivity contribution in [3.63, 3.8) is 0 Å². The third-order valence-electron chi connectivity index (χ3n) is 3.26. The van der Waals surface area contributed by atoms with Crippen molar-refractivity contribution in [1.29, 1.82) is 0 Å². The maximum absolute atomic E-state index is 12.6. The summed E-state index contributed by atoms with van der Waals surface area (Å²) < 4.78 is 12.6. The zero-order chi connectivity index (χ0) is 13.5. The van der Waals surface area contributed by atoms with Crippen LogP contribution in [0, 0.1) is 11.8 Å². The van der Waals surface area contributed by atoms with Crippen LogP contribution in [-0.4, -0.2) is 9.32 Å². The zero-order valence-electron chi connectivity index (χ0n) is 10.4. The molecule has 1 N–H and O–H groups in total. The fourth-order valence-electron chi connectivity index (χ4n) is 2.43. The minimum absolute atomic E-state index is 0.612. The first-order chi connectivity index (χ1) is 9.18. The number of rotatable bonds is 0. The van der Waals surface area contributed by atoms with Crippen LogP contribution in [0.3, 0.4) is 0 Å². The summed E-state index contributed by atoms with van der Waals surface area (Å²) in [4.78, 5) is 1.26. The molecule has 1 heterocycles. The molecule has 1 aliphatic heterocycles. The van der Waals surface area contributed by atoms with Crippen molar-refractivity contribution in [1.82, 2.24) is 0 Å². The molecule has 3 heteroatoms. The van der Waals surface area contributed by atoms with E-state index in [1.165, 1.54) is 0 Å². The van der Waals surface area contributed by atoms with Crippen LogP contribution in [0.15, 0.2) is 58.3 Å². The van der Waals surface area contributed by atoms with Gasteiger partial charge in [-0.3, -0.25) is 0 Å². The lowest BCUT2D eigenvalue weighted by molar-refractivity contribution is 0.137. The Morgan fingerprint density at radius 1 is 1.00 bits per heavy atom. The van der Waals surface area contributed by atoms with Gasteiger partial charge in [0.25, 0.3) is 0 Å². The fourth-order valence-corrected chi connectivity index (χ4v) is 3.91. The van der Waals surface area contributed by atoms with E-state index in [2.05, 4.69) is 11.8 Å². The Morgan fingerprint density at radius 2 is 1.47 bits per heavy atom. The van der Waals surface area contributed by atoms with E-state index in [9.17, 15) is 9.32 Å². The average Bonchev–Trinajstić information content (AvgIpc) is 2.46. The monoisotopic (exact) mass is 268 g/mol. The van der Waals surface area contributed by atoms with Crippen LogP contribution in [-0.2, 0) is 16.4 Å². The van der Waals surface area contributed by atoms with Crippen molar-refractivity contribution in [3.8, 4) is 11.8 Å². The van der Waals surface area contributed by atoms with Gasteiger partial charge in [-0.25, -0.2) is 4.21 Å². The quantitative estimate of drug-likeness (QED) is 0.745. The first kappa shape index (κ1) is 12.2. The van der Waals surface area contributed by atoms with E-state index in [1.54, 1.807) is 31.2 Å². The van der Waals surface area contributed by atoms with Gasteiger partial charge in [0.05, 0.1) is 20.6 Å². The van der Waals surface area contributed by atoms with Crippen molar-refractivity contribution < 1.29 is 9.32 Å². The largest absolute Gasteiger partial charge is 0.369 e. The molecule has 0 bridgehead atoms. The lowest BCUT2D eigenvalue weighted by atomic mass is 9.86. The Kier molecular flexibility index (Phi) is 2.78. The molecule has 94 valence electrons. The second kappa shape index (κ2) is 4.34. The molecule has 0 amide bonds. The van der Waals surface area contributed by atoms with Crippen LogP contribution < -0.4 is 0 Å². The van der Waals surface area contributed by atoms with Crippen LogP contribution in [0.2, 0.25) is 0 Å². The summed E-state index contributed by atoms with van der Waals surface area (Å²) in [6, 6.07) is 14.4. The SMILES string of the molecule is CC#CC1(O)c2ccccc2S(=O)c2ccccc21. The lowest BCUT2D eigenvalue weighted by Gasteiger charge is -2.31. The van der Waals surface area contributed by atoms with E-state index >= 15 is 0 Å². The van der Waals surface area contributed by atoms with Crippen LogP contribution in [0.1, 0.15) is 18.1 Å². The Hall–Kier alpha value is -1.89. The van der Waals surface area contributed by atoms with E-state index in [4.69, 9.17) is 0 Å². The van der Waals surface area contributed by atoms with E-state index in [0.29, 0.717) is 20.9 Å². The Morgan fingerprint density at radius 3 is 1.95 bits per heavy atom. The summed E-state index contributed by atoms with van der Waals surface area (Å²) in [5.41, 5.74) is -0.154. The Balaban J connectivity index is 2.42. The molecular formula is C16H12O2S. The molecule has 0 saturated heterocycles. The lowest BCUT2D eigenvalue weighted by Crippen LogP contribution is -2.32. The molecule has 19 heavy (non-hydrogen) atoms. The molecule has 0 aromatic heterocycles. The van der Waals surface area contributed by atoms with Crippen LogP contribution in [0.25, 0.3) is 0 Å². The highest BCUT2D eigenvalue weighted by molar-refractivity contribution is 7.85. The zero-order valence-corrected chi connectivity index (χ0v) is 11.2. The second-order valence-corrected chi connectivity index (χ2v) is 5.76. The number of hydrogen-bond acceptors (Lipinski definition) is 2. The molecule has 0 atom stereocenters. The summed E-state index contributed by atoms with van der Waals surface area (Å²) in [6.07, 6.45) is 0. The molecule has 0 aliphatic carbocycles. The predicted octanol–water partition coefficient (Wildman–Crippen LogP) is 2.43. The fraction of sp³-hybridized carbons (Fsp3) is 0.125.